The van der Waals surface area contributed by atoms with E-state index < -0.39 is 9.84 Å². The number of hydrogen-bond donors (Lipinski definition) is 1. The van der Waals surface area contributed by atoms with Crippen LogP contribution < -0.4 is 5.32 Å². The summed E-state index contributed by atoms with van der Waals surface area (Å²) in [6.45, 7) is 7.04. The van der Waals surface area contributed by atoms with Gasteiger partial charge in [0.1, 0.15) is 0 Å². The Morgan fingerprint density at radius 3 is 2.59 bits per heavy atom. The van der Waals surface area contributed by atoms with Gasteiger partial charge in [-0.05, 0) is 37.6 Å². The number of sulfone groups is 1. The molecule has 0 aromatic rings. The van der Waals surface area contributed by atoms with E-state index in [2.05, 4.69) is 12.2 Å². The second-order valence-electron chi connectivity index (χ2n) is 5.65. The van der Waals surface area contributed by atoms with Gasteiger partial charge in [0.25, 0.3) is 0 Å². The van der Waals surface area contributed by atoms with E-state index in [-0.39, 0.29) is 5.92 Å². The van der Waals surface area contributed by atoms with E-state index in [9.17, 15) is 8.42 Å². The summed E-state index contributed by atoms with van der Waals surface area (Å²) in [7, 11) is -2.83. The Labute approximate surface area is 106 Å². The fraction of sp³-hybridized carbons (Fsp3) is 1.00. The molecule has 0 aromatic carbocycles. The Kier molecular flexibility index (Phi) is 5.93. The zero-order chi connectivity index (χ0) is 12.9. The molecular formula is C13H27NO2S. The molecule has 1 fully saturated rings. The summed E-state index contributed by atoms with van der Waals surface area (Å²) in [5.74, 6) is 1.52. The zero-order valence-corrected chi connectivity index (χ0v) is 12.2. The van der Waals surface area contributed by atoms with Crippen LogP contribution in [0, 0.1) is 11.8 Å². The maximum absolute atomic E-state index is 11.8. The van der Waals surface area contributed by atoms with Crippen molar-refractivity contribution in [3.63, 3.8) is 0 Å². The van der Waals surface area contributed by atoms with Gasteiger partial charge >= 0.3 is 0 Å². The van der Waals surface area contributed by atoms with Crippen molar-refractivity contribution in [2.24, 2.45) is 11.8 Å². The molecule has 0 bridgehead atoms. The van der Waals surface area contributed by atoms with Crippen LogP contribution in [-0.4, -0.2) is 32.5 Å². The van der Waals surface area contributed by atoms with Gasteiger partial charge in [-0.1, -0.05) is 27.2 Å². The first-order chi connectivity index (χ1) is 7.94. The van der Waals surface area contributed by atoms with Crippen LogP contribution in [0.3, 0.4) is 0 Å². The van der Waals surface area contributed by atoms with Gasteiger partial charge in [0.05, 0.1) is 11.5 Å². The van der Waals surface area contributed by atoms with Crippen LogP contribution in [0.2, 0.25) is 0 Å². The lowest BCUT2D eigenvalue weighted by molar-refractivity contribution is 0.398. The second-order valence-corrected chi connectivity index (χ2v) is 7.88. The summed E-state index contributed by atoms with van der Waals surface area (Å²) in [5, 5.41) is 3.48. The van der Waals surface area contributed by atoms with Crippen LogP contribution in [0.4, 0.5) is 0 Å². The third-order valence-corrected chi connectivity index (χ3v) is 5.54. The maximum atomic E-state index is 11.8. The number of hydrogen-bond acceptors (Lipinski definition) is 3. The van der Waals surface area contributed by atoms with E-state index in [1.807, 2.05) is 13.8 Å². The first kappa shape index (κ1) is 15.0. The molecule has 3 nitrogen and oxygen atoms in total. The Hall–Kier alpha value is -0.0900. The van der Waals surface area contributed by atoms with Crippen LogP contribution in [0.1, 0.15) is 46.5 Å². The lowest BCUT2D eigenvalue weighted by Gasteiger charge is -2.20. The molecule has 102 valence electrons. The van der Waals surface area contributed by atoms with Gasteiger partial charge in [-0.15, -0.1) is 0 Å². The zero-order valence-electron chi connectivity index (χ0n) is 11.4. The van der Waals surface area contributed by atoms with E-state index in [0.717, 1.165) is 13.0 Å². The average molecular weight is 261 g/mol. The van der Waals surface area contributed by atoms with Gasteiger partial charge in [0.15, 0.2) is 9.84 Å². The van der Waals surface area contributed by atoms with Crippen molar-refractivity contribution >= 4 is 9.84 Å². The maximum Gasteiger partial charge on any atom is 0.150 e. The predicted molar refractivity (Wildman–Crippen MR) is 72.9 cm³/mol. The molecule has 4 heteroatoms. The van der Waals surface area contributed by atoms with Crippen molar-refractivity contribution in [3.05, 3.63) is 0 Å². The van der Waals surface area contributed by atoms with Crippen LogP contribution in [0.5, 0.6) is 0 Å². The normalized spacial score (nSPS) is 25.6. The van der Waals surface area contributed by atoms with Crippen molar-refractivity contribution in [1.29, 1.82) is 0 Å². The molecule has 17 heavy (non-hydrogen) atoms. The molecule has 1 saturated carbocycles. The van der Waals surface area contributed by atoms with Crippen LogP contribution in [-0.2, 0) is 9.84 Å². The lowest BCUT2D eigenvalue weighted by atomic mass is 10.0. The standard InChI is InChI=1S/C13H27NO2S/c1-4-14-13-7-5-6-12(13)8-9-17(15,16)10-11(2)3/h11-14H,4-10H2,1-3H3. The Morgan fingerprint density at radius 2 is 2.00 bits per heavy atom. The summed E-state index contributed by atoms with van der Waals surface area (Å²) in [5.41, 5.74) is 0. The minimum Gasteiger partial charge on any atom is -0.314 e. The van der Waals surface area contributed by atoms with Crippen LogP contribution in [0.15, 0.2) is 0 Å². The molecule has 2 atom stereocenters. The van der Waals surface area contributed by atoms with Gasteiger partial charge in [0.2, 0.25) is 0 Å². The minimum atomic E-state index is -2.83. The van der Waals surface area contributed by atoms with E-state index in [1.165, 1.54) is 19.3 Å². The molecule has 1 aliphatic rings. The topological polar surface area (TPSA) is 46.2 Å². The number of nitrogens with one attached hydrogen (secondary N) is 1. The third-order valence-electron chi connectivity index (χ3n) is 3.51. The predicted octanol–water partition coefficient (Wildman–Crippen LogP) is 2.23. The molecular weight excluding hydrogens is 234 g/mol. The van der Waals surface area contributed by atoms with Gasteiger partial charge in [-0.3, -0.25) is 0 Å². The number of rotatable bonds is 7. The summed E-state index contributed by atoms with van der Waals surface area (Å²) < 4.78 is 23.7. The van der Waals surface area contributed by atoms with Crippen LogP contribution >= 0.6 is 0 Å². The molecule has 0 saturated heterocycles. The molecule has 0 aromatic heterocycles. The van der Waals surface area contributed by atoms with Crippen molar-refractivity contribution in [1.82, 2.24) is 5.32 Å². The second kappa shape index (κ2) is 6.74. The highest BCUT2D eigenvalue weighted by molar-refractivity contribution is 7.91. The Morgan fingerprint density at radius 1 is 1.29 bits per heavy atom. The van der Waals surface area contributed by atoms with Gasteiger partial charge in [-0.2, -0.15) is 0 Å². The molecule has 0 radical (unpaired) electrons. The van der Waals surface area contributed by atoms with Gasteiger partial charge < -0.3 is 5.32 Å². The van der Waals surface area contributed by atoms with Crippen molar-refractivity contribution in [3.8, 4) is 0 Å². The van der Waals surface area contributed by atoms with Crippen molar-refractivity contribution in [2.45, 2.75) is 52.5 Å². The first-order valence-corrected chi connectivity index (χ1v) is 8.70. The summed E-state index contributed by atoms with van der Waals surface area (Å²) in [6.07, 6.45) is 4.48. The minimum absolute atomic E-state index is 0.244. The molecule has 0 spiro atoms. The first-order valence-electron chi connectivity index (χ1n) is 6.88. The van der Waals surface area contributed by atoms with Gasteiger partial charge in [-0.25, -0.2) is 8.42 Å². The van der Waals surface area contributed by atoms with Crippen LogP contribution in [0.25, 0.3) is 0 Å². The molecule has 1 aliphatic carbocycles. The average Bonchev–Trinajstić information content (AvgIpc) is 2.61. The molecule has 0 heterocycles. The van der Waals surface area contributed by atoms with E-state index in [0.29, 0.717) is 23.5 Å². The van der Waals surface area contributed by atoms with Crippen molar-refractivity contribution in [2.75, 3.05) is 18.1 Å². The molecule has 0 aliphatic heterocycles. The fourth-order valence-electron chi connectivity index (χ4n) is 2.84. The lowest BCUT2D eigenvalue weighted by Crippen LogP contribution is -2.33. The van der Waals surface area contributed by atoms with E-state index in [1.54, 1.807) is 0 Å². The SMILES string of the molecule is CCNC1CCCC1CCS(=O)(=O)CC(C)C. The molecule has 2 unspecified atom stereocenters. The quantitative estimate of drug-likeness (QED) is 0.764. The van der Waals surface area contributed by atoms with E-state index >= 15 is 0 Å². The highest BCUT2D eigenvalue weighted by Crippen LogP contribution is 2.28. The smallest absolute Gasteiger partial charge is 0.150 e. The van der Waals surface area contributed by atoms with Gasteiger partial charge in [0, 0.05) is 6.04 Å². The summed E-state index contributed by atoms with van der Waals surface area (Å²) in [4.78, 5) is 0. The Bertz CT molecular complexity index is 311. The summed E-state index contributed by atoms with van der Waals surface area (Å²) in [6, 6.07) is 0.550. The molecule has 1 rings (SSSR count). The summed E-state index contributed by atoms with van der Waals surface area (Å²) >= 11 is 0. The highest BCUT2D eigenvalue weighted by Gasteiger charge is 2.27. The monoisotopic (exact) mass is 261 g/mol. The third kappa shape index (κ3) is 5.38. The van der Waals surface area contributed by atoms with E-state index in [4.69, 9.17) is 0 Å². The highest BCUT2D eigenvalue weighted by atomic mass is 32.2. The molecule has 0 amide bonds. The fourth-order valence-corrected chi connectivity index (χ4v) is 4.68. The largest absolute Gasteiger partial charge is 0.314 e. The Balaban J connectivity index is 2.39. The molecule has 1 N–H and O–H groups in total. The van der Waals surface area contributed by atoms with Crippen molar-refractivity contribution < 1.29 is 8.42 Å².